The van der Waals surface area contributed by atoms with Crippen molar-refractivity contribution in [1.82, 2.24) is 14.9 Å². The van der Waals surface area contributed by atoms with Gasteiger partial charge in [-0.2, -0.15) is 5.26 Å². The predicted octanol–water partition coefficient (Wildman–Crippen LogP) is 4.19. The summed E-state index contributed by atoms with van der Waals surface area (Å²) in [5.41, 5.74) is 8.17. The average molecular weight is 456 g/mol. The third-order valence-corrected chi connectivity index (χ3v) is 5.74. The molecule has 1 fully saturated rings. The number of likely N-dealkylation sites (tertiary alicyclic amines) is 1. The molecule has 1 atom stereocenters. The molecule has 0 spiro atoms. The number of benzene rings is 2. The highest BCUT2D eigenvalue weighted by Gasteiger charge is 2.25. The smallest absolute Gasteiger partial charge is 0.245 e. The van der Waals surface area contributed by atoms with Crippen LogP contribution in [0.25, 0.3) is 11.1 Å². The van der Waals surface area contributed by atoms with Crippen LogP contribution in [0.4, 0.5) is 5.82 Å². The monoisotopic (exact) mass is 455 g/mol. The maximum absolute atomic E-state index is 11.8. The number of aromatic nitrogens is 2. The number of nitrogens with two attached hydrogens (primary N) is 1. The summed E-state index contributed by atoms with van der Waals surface area (Å²) in [6, 6.07) is 16.4. The summed E-state index contributed by atoms with van der Waals surface area (Å²) in [5, 5.41) is 8.91. The Morgan fingerprint density at radius 1 is 1.18 bits per heavy atom. The second-order valence-electron chi connectivity index (χ2n) is 7.98. The number of amides is 1. The number of nitriles is 1. The highest BCUT2D eigenvalue weighted by atomic mass is 16.5. The van der Waals surface area contributed by atoms with Gasteiger partial charge in [0.1, 0.15) is 23.6 Å². The molecule has 0 unspecified atom stereocenters. The quantitative estimate of drug-likeness (QED) is 0.506. The van der Waals surface area contributed by atoms with Gasteiger partial charge in [0.25, 0.3) is 0 Å². The molecule has 2 N–H and O–H groups in total. The van der Waals surface area contributed by atoms with Crippen molar-refractivity contribution in [2.24, 2.45) is 5.92 Å². The Morgan fingerprint density at radius 3 is 2.56 bits per heavy atom. The molecular formula is C26H25N5O3. The number of hydrogen-bond acceptors (Lipinski definition) is 7. The van der Waals surface area contributed by atoms with E-state index in [4.69, 9.17) is 20.5 Å². The summed E-state index contributed by atoms with van der Waals surface area (Å²) in [6.07, 6.45) is 4.50. The van der Waals surface area contributed by atoms with Crippen LogP contribution < -0.4 is 15.2 Å². The molecule has 34 heavy (non-hydrogen) atoms. The maximum atomic E-state index is 11.8. The zero-order valence-corrected chi connectivity index (χ0v) is 18.7. The molecule has 8 nitrogen and oxygen atoms in total. The normalized spacial score (nSPS) is 14.9. The van der Waals surface area contributed by atoms with E-state index in [1.807, 2.05) is 29.2 Å². The first-order valence-corrected chi connectivity index (χ1v) is 11.0. The minimum Gasteiger partial charge on any atom is -0.477 e. The number of ether oxygens (including phenoxy) is 2. The van der Waals surface area contributed by atoms with Gasteiger partial charge in [0.15, 0.2) is 0 Å². The summed E-state index contributed by atoms with van der Waals surface area (Å²) >= 11 is 0. The van der Waals surface area contributed by atoms with E-state index in [1.165, 1.54) is 12.4 Å². The highest BCUT2D eigenvalue weighted by molar-refractivity contribution is 5.87. The number of nitrogens with zero attached hydrogens (tertiary/aromatic N) is 4. The number of carbonyl (C=O) groups excluding carboxylic acids is 1. The zero-order valence-electron chi connectivity index (χ0n) is 18.7. The number of anilines is 1. The molecule has 0 bridgehead atoms. The van der Waals surface area contributed by atoms with E-state index in [9.17, 15) is 4.79 Å². The fourth-order valence-electron chi connectivity index (χ4n) is 3.91. The predicted molar refractivity (Wildman–Crippen MR) is 128 cm³/mol. The lowest BCUT2D eigenvalue weighted by atomic mass is 10.1. The standard InChI is InChI=1S/C26H25N5O3/c1-2-23(32)31-13-11-19(16-31)12-14-33-26-24(25(28)29-17-30-26)20-5-9-22(10-6-20)34-21-7-3-18(15-27)4-8-21/h2-10,17,19H,1,11-14,16H2,(H2,28,29,30)/t19-/m0/s1. The summed E-state index contributed by atoms with van der Waals surface area (Å²) < 4.78 is 11.8. The van der Waals surface area contributed by atoms with E-state index in [-0.39, 0.29) is 5.91 Å². The van der Waals surface area contributed by atoms with Crippen molar-refractivity contribution in [1.29, 1.82) is 5.26 Å². The molecule has 1 aliphatic rings. The maximum Gasteiger partial charge on any atom is 0.245 e. The van der Waals surface area contributed by atoms with E-state index < -0.39 is 0 Å². The van der Waals surface area contributed by atoms with Gasteiger partial charge in [-0.15, -0.1) is 0 Å². The average Bonchev–Trinajstić information content (AvgIpc) is 3.34. The molecule has 0 radical (unpaired) electrons. The molecule has 172 valence electrons. The Balaban J connectivity index is 1.40. The van der Waals surface area contributed by atoms with Crippen LogP contribution in [0.2, 0.25) is 0 Å². The van der Waals surface area contributed by atoms with Crippen LogP contribution in [0.1, 0.15) is 18.4 Å². The number of hydrogen-bond donors (Lipinski definition) is 1. The zero-order chi connectivity index (χ0) is 23.9. The van der Waals surface area contributed by atoms with Crippen LogP contribution in [-0.2, 0) is 4.79 Å². The van der Waals surface area contributed by atoms with Crippen LogP contribution in [-0.4, -0.2) is 40.5 Å². The fraction of sp³-hybridized carbons (Fsp3) is 0.231. The fourth-order valence-corrected chi connectivity index (χ4v) is 3.91. The molecule has 3 aromatic rings. The first-order chi connectivity index (χ1) is 16.6. The Kier molecular flexibility index (Phi) is 7.04. The molecule has 1 aliphatic heterocycles. The summed E-state index contributed by atoms with van der Waals surface area (Å²) in [6.45, 7) is 5.48. The van der Waals surface area contributed by atoms with E-state index in [0.29, 0.717) is 53.4 Å². The lowest BCUT2D eigenvalue weighted by molar-refractivity contribution is -0.125. The highest BCUT2D eigenvalue weighted by Crippen LogP contribution is 2.34. The van der Waals surface area contributed by atoms with E-state index >= 15 is 0 Å². The molecule has 0 saturated carbocycles. The van der Waals surface area contributed by atoms with Crippen LogP contribution in [0.5, 0.6) is 17.4 Å². The first kappa shape index (κ1) is 22.8. The van der Waals surface area contributed by atoms with Crippen LogP contribution in [0.3, 0.4) is 0 Å². The van der Waals surface area contributed by atoms with Gasteiger partial charge in [-0.3, -0.25) is 4.79 Å². The van der Waals surface area contributed by atoms with E-state index in [2.05, 4.69) is 22.6 Å². The minimum absolute atomic E-state index is 0.0270. The number of rotatable bonds is 8. The molecule has 8 heteroatoms. The van der Waals surface area contributed by atoms with Crippen molar-refractivity contribution in [3.63, 3.8) is 0 Å². The second kappa shape index (κ2) is 10.5. The Labute approximate surface area is 198 Å². The van der Waals surface area contributed by atoms with Gasteiger partial charge < -0.3 is 20.1 Å². The van der Waals surface area contributed by atoms with Crippen molar-refractivity contribution in [2.45, 2.75) is 12.8 Å². The molecule has 2 aromatic carbocycles. The van der Waals surface area contributed by atoms with Gasteiger partial charge >= 0.3 is 0 Å². The summed E-state index contributed by atoms with van der Waals surface area (Å²) in [4.78, 5) is 22.0. The van der Waals surface area contributed by atoms with Crippen molar-refractivity contribution >= 4 is 11.7 Å². The van der Waals surface area contributed by atoms with Gasteiger partial charge in [0.2, 0.25) is 11.8 Å². The van der Waals surface area contributed by atoms with Gasteiger partial charge in [-0.05, 0) is 66.8 Å². The Morgan fingerprint density at radius 2 is 1.88 bits per heavy atom. The molecule has 0 aliphatic carbocycles. The van der Waals surface area contributed by atoms with Crippen molar-refractivity contribution in [3.05, 3.63) is 73.1 Å². The van der Waals surface area contributed by atoms with Crippen molar-refractivity contribution < 1.29 is 14.3 Å². The number of carbonyl (C=O) groups is 1. The number of nitrogen functional groups attached to an aromatic ring is 1. The van der Waals surface area contributed by atoms with Gasteiger partial charge in [0, 0.05) is 13.1 Å². The lowest BCUT2D eigenvalue weighted by Gasteiger charge is -2.15. The molecular weight excluding hydrogens is 430 g/mol. The molecule has 4 rings (SSSR count). The largest absolute Gasteiger partial charge is 0.477 e. The summed E-state index contributed by atoms with van der Waals surface area (Å²) in [5.74, 6) is 2.38. The van der Waals surface area contributed by atoms with Gasteiger partial charge in [-0.1, -0.05) is 18.7 Å². The van der Waals surface area contributed by atoms with Crippen molar-refractivity contribution in [2.75, 3.05) is 25.4 Å². The second-order valence-corrected chi connectivity index (χ2v) is 7.98. The minimum atomic E-state index is -0.0270. The van der Waals surface area contributed by atoms with Gasteiger partial charge in [0.05, 0.1) is 23.8 Å². The Bertz CT molecular complexity index is 1200. The van der Waals surface area contributed by atoms with Crippen LogP contribution in [0.15, 0.2) is 67.5 Å². The van der Waals surface area contributed by atoms with E-state index in [1.54, 1.807) is 24.3 Å². The lowest BCUT2D eigenvalue weighted by Crippen LogP contribution is -2.26. The molecule has 1 aromatic heterocycles. The first-order valence-electron chi connectivity index (χ1n) is 11.0. The van der Waals surface area contributed by atoms with Crippen LogP contribution in [0, 0.1) is 17.2 Å². The Hall–Kier alpha value is -4.38. The molecule has 1 saturated heterocycles. The van der Waals surface area contributed by atoms with Crippen LogP contribution >= 0.6 is 0 Å². The van der Waals surface area contributed by atoms with Crippen molar-refractivity contribution in [3.8, 4) is 34.6 Å². The third kappa shape index (κ3) is 5.33. The third-order valence-electron chi connectivity index (χ3n) is 5.74. The summed E-state index contributed by atoms with van der Waals surface area (Å²) in [7, 11) is 0. The molecule has 2 heterocycles. The topological polar surface area (TPSA) is 114 Å². The van der Waals surface area contributed by atoms with E-state index in [0.717, 1.165) is 24.9 Å². The molecule has 1 amide bonds. The SMILES string of the molecule is C=CC(=O)N1CC[C@@H](CCOc2ncnc(N)c2-c2ccc(Oc3ccc(C#N)cc3)cc2)C1. The van der Waals surface area contributed by atoms with Gasteiger partial charge in [-0.25, -0.2) is 9.97 Å².